The summed E-state index contributed by atoms with van der Waals surface area (Å²) < 4.78 is 49.6. The van der Waals surface area contributed by atoms with Crippen molar-refractivity contribution in [2.24, 2.45) is 0 Å². The van der Waals surface area contributed by atoms with Crippen LogP contribution in [-0.4, -0.2) is 87.9 Å². The molecule has 19 heteroatoms. The van der Waals surface area contributed by atoms with E-state index in [0.717, 1.165) is 32.6 Å². The molecule has 1 saturated heterocycles. The van der Waals surface area contributed by atoms with Crippen LogP contribution in [0, 0.1) is 0 Å². The van der Waals surface area contributed by atoms with E-state index in [0.29, 0.717) is 28.5 Å². The molecule has 4 rings (SSSR count). The Balaban J connectivity index is 1.88. The largest absolute Gasteiger partial charge is 0.493 e. The minimum absolute atomic E-state index is 0.00530. The third kappa shape index (κ3) is 6.91. The molecule has 15 nitrogen and oxygen atoms in total. The number of anilines is 1. The SMILES string of the molecule is COc1cc2c(cc1OC)N(CCCS(=O)(=O)O)C(=CC(C)=c1sc(=C3SC(=S)N(CC(=O)O)C3=O)n(CC(=O)O)c1=O)O2. The number of carbonyl (C=O) groups excluding carboxylic acids is 1. The average Bonchev–Trinajstić information content (AvgIpc) is 3.53. The molecule has 0 bridgehead atoms. The fourth-order valence-electron chi connectivity index (χ4n) is 4.33. The predicted octanol–water partition coefficient (Wildman–Crippen LogP) is 0.254. The number of hydrogen-bond donors (Lipinski definition) is 3. The van der Waals surface area contributed by atoms with Crippen LogP contribution < -0.4 is 33.9 Å². The molecule has 0 unspecified atom stereocenters. The van der Waals surface area contributed by atoms with Crippen molar-refractivity contribution in [3.8, 4) is 17.2 Å². The maximum absolute atomic E-state index is 13.5. The number of methoxy groups -OCH3 is 2. The highest BCUT2D eigenvalue weighted by Crippen LogP contribution is 2.46. The van der Waals surface area contributed by atoms with Crippen LogP contribution in [-0.2, 0) is 31.0 Å². The van der Waals surface area contributed by atoms with E-state index in [9.17, 15) is 37.3 Å². The minimum atomic E-state index is -4.25. The quantitative estimate of drug-likeness (QED) is 0.214. The van der Waals surface area contributed by atoms with Crippen molar-refractivity contribution in [2.45, 2.75) is 19.9 Å². The van der Waals surface area contributed by atoms with Gasteiger partial charge in [0, 0.05) is 24.8 Å². The average molecular weight is 688 g/mol. The van der Waals surface area contributed by atoms with Crippen molar-refractivity contribution in [2.75, 3.05) is 38.0 Å². The molecule has 3 heterocycles. The Kier molecular flexibility index (Phi) is 9.74. The molecule has 0 spiro atoms. The van der Waals surface area contributed by atoms with E-state index in [1.165, 1.54) is 20.3 Å². The second-order valence-electron chi connectivity index (χ2n) is 9.24. The zero-order valence-electron chi connectivity index (χ0n) is 23.3. The zero-order valence-corrected chi connectivity index (χ0v) is 26.5. The summed E-state index contributed by atoms with van der Waals surface area (Å²) >= 11 is 6.74. The minimum Gasteiger partial charge on any atom is -0.493 e. The van der Waals surface area contributed by atoms with Gasteiger partial charge in [0.2, 0.25) is 5.88 Å². The van der Waals surface area contributed by atoms with Gasteiger partial charge in [0.15, 0.2) is 17.2 Å². The van der Waals surface area contributed by atoms with Crippen molar-refractivity contribution in [3.05, 3.63) is 43.6 Å². The van der Waals surface area contributed by atoms with E-state index in [1.54, 1.807) is 24.0 Å². The van der Waals surface area contributed by atoms with Gasteiger partial charge in [0.1, 0.15) is 27.0 Å². The van der Waals surface area contributed by atoms with Gasteiger partial charge >= 0.3 is 11.9 Å². The lowest BCUT2D eigenvalue weighted by Crippen LogP contribution is -2.37. The zero-order chi connectivity index (χ0) is 32.5. The molecule has 0 aliphatic carbocycles. The monoisotopic (exact) mass is 687 g/mol. The predicted molar refractivity (Wildman–Crippen MR) is 164 cm³/mol. The number of benzene rings is 1. The summed E-state index contributed by atoms with van der Waals surface area (Å²) in [6.45, 7) is 0.156. The maximum Gasteiger partial charge on any atom is 0.323 e. The highest BCUT2D eigenvalue weighted by Gasteiger charge is 2.36. The van der Waals surface area contributed by atoms with Gasteiger partial charge in [-0.3, -0.25) is 33.2 Å². The Morgan fingerprint density at radius 1 is 1.07 bits per heavy atom. The molecule has 3 N–H and O–H groups in total. The van der Waals surface area contributed by atoms with E-state index >= 15 is 0 Å². The summed E-state index contributed by atoms with van der Waals surface area (Å²) in [5, 5.41) is 18.6. The number of aromatic nitrogens is 1. The molecule has 2 aliphatic rings. The van der Waals surface area contributed by atoms with Gasteiger partial charge in [-0.2, -0.15) is 8.42 Å². The number of thiocarbonyl (C=S) groups is 1. The fourth-order valence-corrected chi connectivity index (χ4v) is 7.35. The second-order valence-corrected chi connectivity index (χ2v) is 13.5. The molecule has 44 heavy (non-hydrogen) atoms. The standard InChI is InChI=1S/C25H25N3O12S4/c1-12(7-17-26(5-4-6-44(35,36)37)13-8-15(38-2)16(39-3)9-14(13)40-17)20-22(33)27(10-18(29)30)24(42-20)21-23(34)28(11-19(31)32)25(41)43-21/h7-9H,4-6,10-11H2,1-3H3,(H,29,30)(H,31,32)(H,35,36,37). The van der Waals surface area contributed by atoms with Gasteiger partial charge < -0.3 is 29.3 Å². The lowest BCUT2D eigenvalue weighted by molar-refractivity contribution is -0.140. The highest BCUT2D eigenvalue weighted by atomic mass is 32.2. The maximum atomic E-state index is 13.5. The van der Waals surface area contributed by atoms with Crippen molar-refractivity contribution < 1.29 is 51.8 Å². The number of aliphatic carboxylic acids is 2. The number of carboxylic acids is 2. The summed E-state index contributed by atoms with van der Waals surface area (Å²) in [7, 11) is -1.37. The Morgan fingerprint density at radius 3 is 2.30 bits per heavy atom. The van der Waals surface area contributed by atoms with Crippen molar-refractivity contribution in [3.63, 3.8) is 0 Å². The number of nitrogens with zero attached hydrogens (tertiary/aromatic N) is 3. The first kappa shape index (κ1) is 33.0. The smallest absolute Gasteiger partial charge is 0.323 e. The number of hydrogen-bond acceptors (Lipinski definition) is 13. The van der Waals surface area contributed by atoms with Gasteiger partial charge in [0.05, 0.1) is 30.2 Å². The van der Waals surface area contributed by atoms with Crippen molar-refractivity contribution in [1.82, 2.24) is 9.47 Å². The van der Waals surface area contributed by atoms with Gasteiger partial charge in [-0.05, 0) is 18.9 Å². The van der Waals surface area contributed by atoms with E-state index in [2.05, 4.69) is 0 Å². The highest BCUT2D eigenvalue weighted by molar-refractivity contribution is 8.30. The fraction of sp³-hybridized carbons (Fsp3) is 0.320. The topological polar surface area (TPSA) is 202 Å². The molecule has 1 fully saturated rings. The summed E-state index contributed by atoms with van der Waals surface area (Å²) in [6, 6.07) is 3.18. The van der Waals surface area contributed by atoms with Gasteiger partial charge in [-0.15, -0.1) is 11.3 Å². The number of rotatable bonds is 11. The summed E-state index contributed by atoms with van der Waals surface area (Å²) in [6.07, 6.45) is 1.50. The van der Waals surface area contributed by atoms with Crippen LogP contribution in [0.15, 0.2) is 28.9 Å². The number of carbonyl (C=O) groups is 3. The van der Waals surface area contributed by atoms with Gasteiger partial charge in [0.25, 0.3) is 21.6 Å². The molecular formula is C25H25N3O12S4. The Labute approximate surface area is 263 Å². The number of thioether (sulfide) groups is 1. The third-order valence-corrected chi connectivity index (χ3v) is 9.92. The number of thiazole rings is 1. The van der Waals surface area contributed by atoms with Crippen LogP contribution in [0.1, 0.15) is 13.3 Å². The van der Waals surface area contributed by atoms with Crippen LogP contribution in [0.25, 0.3) is 10.5 Å². The summed E-state index contributed by atoms with van der Waals surface area (Å²) in [5.41, 5.74) is 0.0812. The van der Waals surface area contributed by atoms with Crippen molar-refractivity contribution >= 4 is 83.8 Å². The van der Waals surface area contributed by atoms with Crippen LogP contribution in [0.3, 0.4) is 0 Å². The number of fused-ring (bicyclic) bond motifs is 1. The van der Waals surface area contributed by atoms with Gasteiger partial charge in [-0.1, -0.05) is 24.0 Å². The Morgan fingerprint density at radius 2 is 1.70 bits per heavy atom. The molecule has 2 aliphatic heterocycles. The molecule has 2 aromatic rings. The van der Waals surface area contributed by atoms with Crippen LogP contribution in [0.4, 0.5) is 5.69 Å². The van der Waals surface area contributed by atoms with Crippen LogP contribution in [0.2, 0.25) is 0 Å². The van der Waals surface area contributed by atoms with Crippen LogP contribution >= 0.6 is 35.3 Å². The first-order chi connectivity index (χ1) is 20.6. The van der Waals surface area contributed by atoms with Crippen molar-refractivity contribution in [1.29, 1.82) is 0 Å². The third-order valence-electron chi connectivity index (χ3n) is 6.23. The van der Waals surface area contributed by atoms with E-state index in [-0.39, 0.29) is 37.3 Å². The van der Waals surface area contributed by atoms with Gasteiger partial charge in [-0.25, -0.2) is 0 Å². The summed E-state index contributed by atoms with van der Waals surface area (Å²) in [4.78, 5) is 51.8. The number of allylic oxidation sites excluding steroid dienone is 1. The molecule has 1 aromatic carbocycles. The first-order valence-corrected chi connectivity index (χ1v) is 16.1. The number of ether oxygens (including phenoxy) is 3. The molecule has 0 atom stereocenters. The molecule has 0 saturated carbocycles. The van der Waals surface area contributed by atoms with Crippen LogP contribution in [0.5, 0.6) is 17.2 Å². The Hall–Kier alpha value is -3.91. The Bertz CT molecular complexity index is 1890. The van der Waals surface area contributed by atoms with E-state index in [4.69, 9.17) is 31.5 Å². The molecule has 1 amide bonds. The molecule has 1 aromatic heterocycles. The number of carboxylic acid groups (broad SMARTS) is 2. The lowest BCUT2D eigenvalue weighted by Gasteiger charge is -2.18. The van der Waals surface area contributed by atoms with E-state index in [1.807, 2.05) is 0 Å². The summed E-state index contributed by atoms with van der Waals surface area (Å²) in [5.74, 6) is -2.72. The molecular weight excluding hydrogens is 663 g/mol. The second kappa shape index (κ2) is 13.0. The van der Waals surface area contributed by atoms with E-state index < -0.39 is 52.4 Å². The first-order valence-electron chi connectivity index (χ1n) is 12.5. The normalized spacial score (nSPS) is 17.6. The molecule has 0 radical (unpaired) electrons. The lowest BCUT2D eigenvalue weighted by atomic mass is 10.2. The number of amides is 1. The molecule has 236 valence electrons.